The van der Waals surface area contributed by atoms with Crippen LogP contribution in [0.25, 0.3) is 0 Å². The summed E-state index contributed by atoms with van der Waals surface area (Å²) in [6.07, 6.45) is 7.35. The van der Waals surface area contributed by atoms with Gasteiger partial charge in [0.15, 0.2) is 0 Å². The summed E-state index contributed by atoms with van der Waals surface area (Å²) >= 11 is 0. The molecular formula is C19H33N3. The molecule has 124 valence electrons. The van der Waals surface area contributed by atoms with E-state index in [1.54, 1.807) is 0 Å². The normalized spacial score (nSPS) is 28.5. The summed E-state index contributed by atoms with van der Waals surface area (Å²) in [5, 5.41) is 9.06. The summed E-state index contributed by atoms with van der Waals surface area (Å²) in [6, 6.07) is 0. The fraction of sp³-hybridized carbons (Fsp3) is 0.895. The Labute approximate surface area is 135 Å². The van der Waals surface area contributed by atoms with Gasteiger partial charge in [-0.3, -0.25) is 0 Å². The van der Waals surface area contributed by atoms with E-state index >= 15 is 0 Å². The Morgan fingerprint density at radius 3 is 2.23 bits per heavy atom. The third kappa shape index (κ3) is 2.51. The van der Waals surface area contributed by atoms with Crippen LogP contribution in [0.2, 0.25) is 0 Å². The first-order chi connectivity index (χ1) is 10.3. The van der Waals surface area contributed by atoms with Crippen LogP contribution in [0, 0.1) is 23.2 Å². The van der Waals surface area contributed by atoms with E-state index in [-0.39, 0.29) is 5.54 Å². The predicted octanol–water partition coefficient (Wildman–Crippen LogP) is 4.60. The van der Waals surface area contributed by atoms with Crippen LogP contribution in [0.15, 0.2) is 0 Å². The Morgan fingerprint density at radius 2 is 1.64 bits per heavy atom. The molecule has 1 heterocycles. The summed E-state index contributed by atoms with van der Waals surface area (Å²) < 4.78 is 2.23. The van der Waals surface area contributed by atoms with E-state index in [2.05, 4.69) is 56.5 Å². The Bertz CT molecular complexity index is 541. The predicted molar refractivity (Wildman–Crippen MR) is 90.8 cm³/mol. The lowest BCUT2D eigenvalue weighted by Gasteiger charge is -2.26. The molecule has 1 saturated carbocycles. The third-order valence-corrected chi connectivity index (χ3v) is 6.86. The second-order valence-corrected chi connectivity index (χ2v) is 8.83. The summed E-state index contributed by atoms with van der Waals surface area (Å²) in [7, 11) is 0. The first-order valence-electron chi connectivity index (χ1n) is 9.25. The molecule has 0 spiro atoms. The molecule has 1 unspecified atom stereocenters. The summed E-state index contributed by atoms with van der Waals surface area (Å²) in [4.78, 5) is 0. The monoisotopic (exact) mass is 303 g/mol. The lowest BCUT2D eigenvalue weighted by molar-refractivity contribution is 0.265. The molecule has 3 nitrogen and oxygen atoms in total. The van der Waals surface area contributed by atoms with Crippen LogP contribution in [0.5, 0.6) is 0 Å². The number of fused-ring (bicyclic) bond motifs is 2. The molecule has 1 aromatic rings. The first kappa shape index (κ1) is 16.0. The highest BCUT2D eigenvalue weighted by Gasteiger charge is 2.55. The summed E-state index contributed by atoms with van der Waals surface area (Å²) in [5.41, 5.74) is 3.30. The zero-order valence-electron chi connectivity index (χ0n) is 15.3. The van der Waals surface area contributed by atoms with Gasteiger partial charge < -0.3 is 0 Å². The van der Waals surface area contributed by atoms with Crippen LogP contribution >= 0.6 is 0 Å². The zero-order chi connectivity index (χ0) is 16.1. The van der Waals surface area contributed by atoms with Gasteiger partial charge in [0.05, 0.1) is 16.9 Å². The molecule has 0 N–H and O–H groups in total. The van der Waals surface area contributed by atoms with Gasteiger partial charge in [0.1, 0.15) is 0 Å². The van der Waals surface area contributed by atoms with Gasteiger partial charge in [0, 0.05) is 0 Å². The number of nitrogens with zero attached hydrogens (tertiary/aromatic N) is 3. The minimum absolute atomic E-state index is 0.0881. The third-order valence-electron chi connectivity index (χ3n) is 6.86. The van der Waals surface area contributed by atoms with Gasteiger partial charge in [-0.05, 0) is 69.1 Å². The van der Waals surface area contributed by atoms with Crippen molar-refractivity contribution < 1.29 is 0 Å². The van der Waals surface area contributed by atoms with E-state index in [1.165, 1.54) is 37.1 Å². The molecule has 2 aliphatic rings. The topological polar surface area (TPSA) is 30.7 Å². The van der Waals surface area contributed by atoms with Crippen molar-refractivity contribution in [3.8, 4) is 0 Å². The van der Waals surface area contributed by atoms with E-state index in [4.69, 9.17) is 0 Å². The fourth-order valence-corrected chi connectivity index (χ4v) is 4.65. The molecule has 0 saturated heterocycles. The molecule has 3 heteroatoms. The van der Waals surface area contributed by atoms with Gasteiger partial charge in [-0.2, -0.15) is 0 Å². The minimum atomic E-state index is 0.0881. The van der Waals surface area contributed by atoms with Gasteiger partial charge in [-0.1, -0.05) is 39.3 Å². The van der Waals surface area contributed by atoms with E-state index in [0.29, 0.717) is 5.41 Å². The van der Waals surface area contributed by atoms with Crippen LogP contribution in [0.4, 0.5) is 0 Å². The van der Waals surface area contributed by atoms with Crippen molar-refractivity contribution in [3.63, 3.8) is 0 Å². The maximum atomic E-state index is 4.55. The minimum Gasteiger partial charge on any atom is -0.244 e. The van der Waals surface area contributed by atoms with Crippen molar-refractivity contribution in [1.29, 1.82) is 0 Å². The number of aromatic nitrogens is 3. The standard InChI is InChI=1S/C19H33N3/c1-7-18(3,4)17-13-9-11-15-16(12-10-14(13)17)22(21-20-15)19(5,6)8-2/h13-14,17H,7-12H2,1-6H3/t13-,14+,17?/m1/s1. The molecule has 1 fully saturated rings. The van der Waals surface area contributed by atoms with E-state index in [1.807, 2.05) is 0 Å². The highest BCUT2D eigenvalue weighted by Crippen LogP contribution is 2.61. The van der Waals surface area contributed by atoms with E-state index < -0.39 is 0 Å². The number of rotatable bonds is 4. The van der Waals surface area contributed by atoms with Crippen molar-refractivity contribution in [2.75, 3.05) is 0 Å². The van der Waals surface area contributed by atoms with Crippen molar-refractivity contribution in [3.05, 3.63) is 11.4 Å². The molecule has 1 aromatic heterocycles. The Kier molecular flexibility index (Phi) is 3.89. The SMILES string of the molecule is CCC(C)(C)C1[C@H]2CCc3c(nnn3C(C)(C)CC)CC[C@@H]12. The molecule has 0 amide bonds. The summed E-state index contributed by atoms with van der Waals surface area (Å²) in [5.74, 6) is 2.81. The Hall–Kier alpha value is -0.860. The largest absolute Gasteiger partial charge is 0.244 e. The summed E-state index contributed by atoms with van der Waals surface area (Å²) in [6.45, 7) is 14.1. The van der Waals surface area contributed by atoms with Gasteiger partial charge in [0.2, 0.25) is 0 Å². The van der Waals surface area contributed by atoms with Gasteiger partial charge in [-0.15, -0.1) is 5.10 Å². The van der Waals surface area contributed by atoms with Crippen LogP contribution in [-0.4, -0.2) is 15.0 Å². The molecule has 0 radical (unpaired) electrons. The number of aryl methyl sites for hydroxylation is 1. The molecule has 2 aliphatic carbocycles. The second-order valence-electron chi connectivity index (χ2n) is 8.83. The molecule has 3 atom stereocenters. The van der Waals surface area contributed by atoms with Crippen LogP contribution < -0.4 is 0 Å². The Balaban J connectivity index is 1.80. The van der Waals surface area contributed by atoms with Gasteiger partial charge in [-0.25, -0.2) is 4.68 Å². The van der Waals surface area contributed by atoms with Crippen molar-refractivity contribution in [1.82, 2.24) is 15.0 Å². The van der Waals surface area contributed by atoms with Crippen LogP contribution in [0.1, 0.15) is 78.6 Å². The lowest BCUT2D eigenvalue weighted by atomic mass is 9.82. The smallest absolute Gasteiger partial charge is 0.0859 e. The maximum Gasteiger partial charge on any atom is 0.0859 e. The average molecular weight is 303 g/mol. The van der Waals surface area contributed by atoms with E-state index in [0.717, 1.165) is 30.6 Å². The second kappa shape index (κ2) is 5.35. The van der Waals surface area contributed by atoms with Crippen molar-refractivity contribution >= 4 is 0 Å². The molecule has 3 rings (SSSR count). The van der Waals surface area contributed by atoms with Crippen LogP contribution in [0.3, 0.4) is 0 Å². The molecule has 0 aromatic carbocycles. The first-order valence-corrected chi connectivity index (χ1v) is 9.25. The molecule has 0 aliphatic heterocycles. The zero-order valence-corrected chi connectivity index (χ0v) is 15.3. The van der Waals surface area contributed by atoms with Crippen molar-refractivity contribution in [2.45, 2.75) is 85.6 Å². The van der Waals surface area contributed by atoms with E-state index in [9.17, 15) is 0 Å². The van der Waals surface area contributed by atoms with Gasteiger partial charge >= 0.3 is 0 Å². The average Bonchev–Trinajstić information content (AvgIpc) is 3.01. The highest BCUT2D eigenvalue weighted by atomic mass is 15.5. The van der Waals surface area contributed by atoms with Crippen LogP contribution in [-0.2, 0) is 18.4 Å². The Morgan fingerprint density at radius 1 is 1.00 bits per heavy atom. The molecule has 22 heavy (non-hydrogen) atoms. The quantitative estimate of drug-likeness (QED) is 0.814. The van der Waals surface area contributed by atoms with Gasteiger partial charge in [0.25, 0.3) is 0 Å². The number of hydrogen-bond donors (Lipinski definition) is 0. The maximum absolute atomic E-state index is 4.55. The van der Waals surface area contributed by atoms with Crippen molar-refractivity contribution in [2.24, 2.45) is 23.2 Å². The highest BCUT2D eigenvalue weighted by molar-refractivity contribution is 5.17. The molecular weight excluding hydrogens is 270 g/mol. The number of hydrogen-bond acceptors (Lipinski definition) is 2. The fourth-order valence-electron chi connectivity index (χ4n) is 4.65. The molecule has 0 bridgehead atoms. The lowest BCUT2D eigenvalue weighted by Crippen LogP contribution is -2.29.